The van der Waals surface area contributed by atoms with E-state index in [4.69, 9.17) is 9.26 Å². The summed E-state index contributed by atoms with van der Waals surface area (Å²) in [6.45, 7) is 10.5. The molecule has 1 N–H and O–H groups in total. The van der Waals surface area contributed by atoms with E-state index in [0.29, 0.717) is 46.6 Å². The van der Waals surface area contributed by atoms with Gasteiger partial charge in [0.15, 0.2) is 0 Å². The third-order valence-electron chi connectivity index (χ3n) is 7.84. The molecule has 2 fully saturated rings. The number of aromatic nitrogens is 2. The Morgan fingerprint density at radius 3 is 2.84 bits per heavy atom. The van der Waals surface area contributed by atoms with Gasteiger partial charge in [0.05, 0.1) is 17.6 Å². The average Bonchev–Trinajstić information content (AvgIpc) is 3.54. The van der Waals surface area contributed by atoms with Crippen molar-refractivity contribution < 1.29 is 19.2 Å². The predicted octanol–water partition coefficient (Wildman–Crippen LogP) is 5.31. The Balaban J connectivity index is 1.42. The number of ether oxygens (including phenoxy) is 1. The number of nitriles is 1. The van der Waals surface area contributed by atoms with Crippen molar-refractivity contribution in [2.75, 3.05) is 6.54 Å². The van der Waals surface area contributed by atoms with Crippen LogP contribution in [0.15, 0.2) is 52.8 Å². The molecule has 1 aromatic heterocycles. The lowest BCUT2D eigenvalue weighted by Crippen LogP contribution is -2.46. The molecular weight excluding hydrogens is 468 g/mol. The number of rotatable bonds is 8. The second kappa shape index (κ2) is 9.98. The molecule has 2 heterocycles. The lowest BCUT2D eigenvalue weighted by molar-refractivity contribution is -0.147. The Morgan fingerprint density at radius 1 is 1.38 bits per heavy atom. The van der Waals surface area contributed by atoms with E-state index < -0.39 is 5.97 Å². The monoisotopic (exact) mass is 500 g/mol. The highest BCUT2D eigenvalue weighted by atomic mass is 16.5. The van der Waals surface area contributed by atoms with E-state index in [1.54, 1.807) is 19.1 Å². The first kappa shape index (κ1) is 25.0. The summed E-state index contributed by atoms with van der Waals surface area (Å²) < 4.78 is 11.3. The van der Waals surface area contributed by atoms with E-state index in [1.165, 1.54) is 11.1 Å². The van der Waals surface area contributed by atoms with E-state index in [1.807, 2.05) is 26.0 Å². The summed E-state index contributed by atoms with van der Waals surface area (Å²) in [7, 11) is 0. The first-order valence-electron chi connectivity index (χ1n) is 12.9. The molecule has 2 aromatic rings. The SMILES string of the molecule is C=C/C(=C\C(C#N)=C(/C)OC(C)C)c1nc(-c2cccc3c2C[C@@H]2CCN(C4CC(C(=O)O)C4)[C@H]32)no1. The largest absolute Gasteiger partial charge is 0.494 e. The van der Waals surface area contributed by atoms with Crippen LogP contribution in [0.25, 0.3) is 17.0 Å². The summed E-state index contributed by atoms with van der Waals surface area (Å²) in [5, 5.41) is 23.2. The number of likely N-dealkylation sites (tertiary alicyclic amines) is 1. The maximum absolute atomic E-state index is 11.3. The van der Waals surface area contributed by atoms with Crippen molar-refractivity contribution in [3.8, 4) is 17.5 Å². The van der Waals surface area contributed by atoms with Crippen LogP contribution in [0.2, 0.25) is 0 Å². The van der Waals surface area contributed by atoms with Gasteiger partial charge in [-0.05, 0) is 76.1 Å². The second-order valence-electron chi connectivity index (χ2n) is 10.4. The Bertz CT molecular complexity index is 1330. The fraction of sp³-hybridized carbons (Fsp3) is 0.448. The van der Waals surface area contributed by atoms with Crippen molar-refractivity contribution in [2.24, 2.45) is 11.8 Å². The van der Waals surface area contributed by atoms with Crippen LogP contribution < -0.4 is 0 Å². The minimum absolute atomic E-state index is 0.0441. The predicted molar refractivity (Wildman–Crippen MR) is 138 cm³/mol. The molecule has 0 spiro atoms. The van der Waals surface area contributed by atoms with E-state index in [2.05, 4.69) is 33.8 Å². The number of carbonyl (C=O) groups is 1. The summed E-state index contributed by atoms with van der Waals surface area (Å²) in [5.74, 6) is 0.956. The molecule has 0 amide bonds. The first-order valence-corrected chi connectivity index (χ1v) is 12.9. The zero-order valence-corrected chi connectivity index (χ0v) is 21.5. The number of hydrogen-bond acceptors (Lipinski definition) is 7. The molecule has 2 aliphatic carbocycles. The number of carboxylic acids is 1. The average molecular weight is 501 g/mol. The minimum Gasteiger partial charge on any atom is -0.494 e. The Labute approximate surface area is 216 Å². The Kier molecular flexibility index (Phi) is 6.74. The fourth-order valence-corrected chi connectivity index (χ4v) is 6.02. The molecule has 8 nitrogen and oxygen atoms in total. The summed E-state index contributed by atoms with van der Waals surface area (Å²) in [6.07, 6.45) is 6.73. The van der Waals surface area contributed by atoms with E-state index >= 15 is 0 Å². The molecular formula is C29H32N4O4. The van der Waals surface area contributed by atoms with Crippen molar-refractivity contribution in [3.63, 3.8) is 0 Å². The molecule has 1 aliphatic heterocycles. The maximum atomic E-state index is 11.3. The zero-order chi connectivity index (χ0) is 26.3. The summed E-state index contributed by atoms with van der Waals surface area (Å²) >= 11 is 0. The molecule has 1 saturated carbocycles. The van der Waals surface area contributed by atoms with Crippen LogP contribution in [0, 0.1) is 23.2 Å². The van der Waals surface area contributed by atoms with E-state index in [9.17, 15) is 15.2 Å². The molecule has 37 heavy (non-hydrogen) atoms. The van der Waals surface area contributed by atoms with Crippen LogP contribution in [0.3, 0.4) is 0 Å². The smallest absolute Gasteiger partial charge is 0.306 e. The zero-order valence-electron chi connectivity index (χ0n) is 21.5. The van der Waals surface area contributed by atoms with Gasteiger partial charge in [0.25, 0.3) is 5.89 Å². The quantitative estimate of drug-likeness (QED) is 0.295. The molecule has 1 aromatic carbocycles. The van der Waals surface area contributed by atoms with E-state index in [0.717, 1.165) is 37.8 Å². The van der Waals surface area contributed by atoms with Gasteiger partial charge in [-0.3, -0.25) is 9.69 Å². The van der Waals surface area contributed by atoms with Gasteiger partial charge in [-0.1, -0.05) is 36.0 Å². The van der Waals surface area contributed by atoms with Gasteiger partial charge in [-0.2, -0.15) is 10.2 Å². The van der Waals surface area contributed by atoms with E-state index in [-0.39, 0.29) is 12.0 Å². The number of aliphatic carboxylic acids is 1. The third-order valence-corrected chi connectivity index (χ3v) is 7.84. The van der Waals surface area contributed by atoms with Crippen molar-refractivity contribution in [3.05, 3.63) is 65.3 Å². The second-order valence-corrected chi connectivity index (χ2v) is 10.4. The van der Waals surface area contributed by atoms with Crippen LogP contribution in [-0.2, 0) is 16.0 Å². The highest BCUT2D eigenvalue weighted by molar-refractivity contribution is 5.74. The van der Waals surface area contributed by atoms with Gasteiger partial charge in [-0.25, -0.2) is 0 Å². The molecule has 0 unspecified atom stereocenters. The number of hydrogen-bond donors (Lipinski definition) is 1. The number of carboxylic acid groups (broad SMARTS) is 1. The molecule has 1 saturated heterocycles. The van der Waals surface area contributed by atoms with Crippen molar-refractivity contribution in [1.29, 1.82) is 5.26 Å². The molecule has 0 bridgehead atoms. The van der Waals surface area contributed by atoms with Crippen molar-refractivity contribution in [1.82, 2.24) is 15.0 Å². The van der Waals surface area contributed by atoms with Gasteiger partial charge < -0.3 is 14.4 Å². The fourth-order valence-electron chi connectivity index (χ4n) is 6.02. The van der Waals surface area contributed by atoms with Gasteiger partial charge in [0.2, 0.25) is 5.82 Å². The van der Waals surface area contributed by atoms with Crippen LogP contribution in [-0.4, -0.2) is 44.8 Å². The van der Waals surface area contributed by atoms with Crippen molar-refractivity contribution in [2.45, 2.75) is 64.6 Å². The molecule has 192 valence electrons. The molecule has 5 rings (SSSR count). The van der Waals surface area contributed by atoms with Crippen LogP contribution in [0.1, 0.15) is 63.1 Å². The lowest BCUT2D eigenvalue weighted by atomic mass is 9.79. The number of benzene rings is 1. The van der Waals surface area contributed by atoms with Gasteiger partial charge in [0, 0.05) is 23.2 Å². The normalized spacial score (nSPS) is 25.6. The Hall–Kier alpha value is -3.70. The number of allylic oxidation sites excluding steroid dienone is 5. The molecule has 0 radical (unpaired) electrons. The number of fused-ring (bicyclic) bond motifs is 3. The van der Waals surface area contributed by atoms with Crippen LogP contribution >= 0.6 is 0 Å². The molecule has 3 aliphatic rings. The van der Waals surface area contributed by atoms with Crippen LogP contribution in [0.4, 0.5) is 0 Å². The van der Waals surface area contributed by atoms with Crippen molar-refractivity contribution >= 4 is 11.5 Å². The molecule has 8 heteroatoms. The minimum atomic E-state index is -0.679. The lowest BCUT2D eigenvalue weighted by Gasteiger charge is -2.42. The summed E-state index contributed by atoms with van der Waals surface area (Å²) in [6, 6.07) is 9.08. The molecule has 2 atom stereocenters. The highest BCUT2D eigenvalue weighted by Crippen LogP contribution is 2.52. The maximum Gasteiger partial charge on any atom is 0.306 e. The number of nitrogens with zero attached hydrogens (tertiary/aromatic N) is 4. The summed E-state index contributed by atoms with van der Waals surface area (Å²) in [4.78, 5) is 18.5. The standard InChI is InChI=1S/C29H32N4O4/c1-5-18(11-21(15-30)17(4)36-16(2)3)28-31-27(32-37-28)24-8-6-7-23-25(24)14-19-9-10-33(26(19)23)22-12-20(13-22)29(34)35/h5-8,11,16,19-20,22,26H,1,9-10,12-14H2,2-4H3,(H,34,35)/b18-11+,21-17-/t19-,20?,22?,26-/m0/s1. The Morgan fingerprint density at radius 2 is 2.16 bits per heavy atom. The highest BCUT2D eigenvalue weighted by Gasteiger charge is 2.48. The van der Waals surface area contributed by atoms with Gasteiger partial charge in [-0.15, -0.1) is 0 Å². The third kappa shape index (κ3) is 4.60. The topological polar surface area (TPSA) is 112 Å². The van der Waals surface area contributed by atoms with Gasteiger partial charge >= 0.3 is 5.97 Å². The first-order chi connectivity index (χ1) is 17.8. The van der Waals surface area contributed by atoms with Gasteiger partial charge in [0.1, 0.15) is 11.8 Å². The van der Waals surface area contributed by atoms with Crippen LogP contribution in [0.5, 0.6) is 0 Å². The summed E-state index contributed by atoms with van der Waals surface area (Å²) in [5.41, 5.74) is 4.42.